The third-order valence-corrected chi connectivity index (χ3v) is 6.40. The van der Waals surface area contributed by atoms with Gasteiger partial charge < -0.3 is 10.1 Å². The number of aryl methyl sites for hydroxylation is 1. The zero-order valence-electron chi connectivity index (χ0n) is 19.5. The minimum Gasteiger partial charge on any atom is -0.464 e. The Morgan fingerprint density at radius 2 is 1.62 bits per heavy atom. The van der Waals surface area contributed by atoms with E-state index in [0.717, 1.165) is 5.56 Å². The van der Waals surface area contributed by atoms with E-state index in [1.807, 2.05) is 6.92 Å². The molecule has 0 saturated heterocycles. The van der Waals surface area contributed by atoms with Gasteiger partial charge in [0, 0.05) is 22.9 Å². The van der Waals surface area contributed by atoms with E-state index in [9.17, 15) is 18.0 Å². The second-order valence-electron chi connectivity index (χ2n) is 8.67. The standard InChI is InChI=1S/C24H26N4O5S/c1-15-6-11-21(34(31,32)28-24(2,3)4)18(12-15)16-7-9-19(25-13-16)22(29)27-17-8-10-20(26-14-17)23(30)33-5/h6-14,28H,1-5H3,(H,27,29). The van der Waals surface area contributed by atoms with Crippen molar-refractivity contribution in [1.82, 2.24) is 14.7 Å². The highest BCUT2D eigenvalue weighted by atomic mass is 32.2. The Bertz CT molecular complexity index is 1310. The van der Waals surface area contributed by atoms with Crippen molar-refractivity contribution >= 4 is 27.6 Å². The second kappa shape index (κ2) is 9.70. The first-order chi connectivity index (χ1) is 15.9. The van der Waals surface area contributed by atoms with Crippen molar-refractivity contribution in [2.75, 3.05) is 12.4 Å². The van der Waals surface area contributed by atoms with Crippen LogP contribution in [-0.4, -0.2) is 42.9 Å². The molecule has 0 bridgehead atoms. The van der Waals surface area contributed by atoms with Crippen LogP contribution in [0, 0.1) is 6.92 Å². The van der Waals surface area contributed by atoms with Crippen LogP contribution < -0.4 is 10.0 Å². The van der Waals surface area contributed by atoms with Gasteiger partial charge in [0.25, 0.3) is 5.91 Å². The molecule has 9 nitrogen and oxygen atoms in total. The van der Waals surface area contributed by atoms with Crippen molar-refractivity contribution in [3.05, 3.63) is 71.8 Å². The maximum Gasteiger partial charge on any atom is 0.356 e. The zero-order valence-corrected chi connectivity index (χ0v) is 20.4. The summed E-state index contributed by atoms with van der Waals surface area (Å²) in [5, 5.41) is 2.65. The molecule has 1 amide bonds. The van der Waals surface area contributed by atoms with E-state index >= 15 is 0 Å². The number of carbonyl (C=O) groups is 2. The van der Waals surface area contributed by atoms with E-state index in [2.05, 4.69) is 24.7 Å². The van der Waals surface area contributed by atoms with E-state index in [-0.39, 0.29) is 16.3 Å². The lowest BCUT2D eigenvalue weighted by molar-refractivity contribution is 0.0594. The number of methoxy groups -OCH3 is 1. The summed E-state index contributed by atoms with van der Waals surface area (Å²) in [4.78, 5) is 32.3. The lowest BCUT2D eigenvalue weighted by Crippen LogP contribution is -2.40. The van der Waals surface area contributed by atoms with Gasteiger partial charge in [0.2, 0.25) is 10.0 Å². The predicted octanol–water partition coefficient (Wildman–Crippen LogP) is 3.57. The lowest BCUT2D eigenvalue weighted by atomic mass is 10.0. The Hall–Kier alpha value is -3.63. The molecule has 2 N–H and O–H groups in total. The normalized spacial score (nSPS) is 11.7. The van der Waals surface area contributed by atoms with Crippen LogP contribution in [0.25, 0.3) is 11.1 Å². The summed E-state index contributed by atoms with van der Waals surface area (Å²) in [6.07, 6.45) is 2.79. The van der Waals surface area contributed by atoms with Gasteiger partial charge in [0.15, 0.2) is 0 Å². The van der Waals surface area contributed by atoms with Crippen molar-refractivity contribution in [2.24, 2.45) is 0 Å². The topological polar surface area (TPSA) is 127 Å². The number of pyridine rings is 2. The van der Waals surface area contributed by atoms with Gasteiger partial charge in [-0.15, -0.1) is 0 Å². The van der Waals surface area contributed by atoms with Gasteiger partial charge in [-0.25, -0.2) is 22.9 Å². The van der Waals surface area contributed by atoms with Gasteiger partial charge in [-0.2, -0.15) is 0 Å². The molecule has 0 atom stereocenters. The number of benzene rings is 1. The average molecular weight is 483 g/mol. The van der Waals surface area contributed by atoms with Gasteiger partial charge in [0.05, 0.1) is 23.9 Å². The van der Waals surface area contributed by atoms with Crippen LogP contribution in [0.5, 0.6) is 0 Å². The molecule has 1 aromatic carbocycles. The molecule has 0 radical (unpaired) electrons. The molecule has 2 heterocycles. The maximum atomic E-state index is 13.0. The molecular weight excluding hydrogens is 456 g/mol. The molecule has 0 aliphatic heterocycles. The van der Waals surface area contributed by atoms with E-state index in [1.165, 1.54) is 37.7 Å². The summed E-state index contributed by atoms with van der Waals surface area (Å²) >= 11 is 0. The molecular formula is C24H26N4O5S. The molecule has 3 rings (SSSR count). The van der Waals surface area contributed by atoms with Crippen molar-refractivity contribution in [1.29, 1.82) is 0 Å². The quantitative estimate of drug-likeness (QED) is 0.514. The first kappa shape index (κ1) is 25.0. The smallest absolute Gasteiger partial charge is 0.356 e. The summed E-state index contributed by atoms with van der Waals surface area (Å²) < 4.78 is 33.2. The summed E-state index contributed by atoms with van der Waals surface area (Å²) in [6.45, 7) is 7.18. The molecule has 0 aliphatic rings. The first-order valence-corrected chi connectivity index (χ1v) is 11.8. The summed E-state index contributed by atoms with van der Waals surface area (Å²) in [6, 6.07) is 11.2. The molecule has 0 unspecified atom stereocenters. The number of sulfonamides is 1. The number of ether oxygens (including phenoxy) is 1. The van der Waals surface area contributed by atoms with E-state index in [1.54, 1.807) is 45.0 Å². The fourth-order valence-corrected chi connectivity index (χ4v) is 4.77. The van der Waals surface area contributed by atoms with Crippen LogP contribution in [0.15, 0.2) is 59.8 Å². The molecule has 2 aromatic heterocycles. The number of amides is 1. The van der Waals surface area contributed by atoms with Crippen molar-refractivity contribution < 1.29 is 22.7 Å². The molecule has 0 fully saturated rings. The fraction of sp³-hybridized carbons (Fsp3) is 0.250. The summed E-state index contributed by atoms with van der Waals surface area (Å²) in [7, 11) is -2.53. The molecule has 0 spiro atoms. The molecule has 10 heteroatoms. The van der Waals surface area contributed by atoms with Crippen LogP contribution in [0.3, 0.4) is 0 Å². The fourth-order valence-electron chi connectivity index (χ4n) is 3.14. The van der Waals surface area contributed by atoms with Crippen LogP contribution in [0.2, 0.25) is 0 Å². The monoisotopic (exact) mass is 482 g/mol. The molecule has 178 valence electrons. The number of rotatable bonds is 6. The van der Waals surface area contributed by atoms with Gasteiger partial charge in [-0.05, 0) is 52.0 Å². The number of hydrogen-bond acceptors (Lipinski definition) is 7. The van der Waals surface area contributed by atoms with E-state index in [4.69, 9.17) is 0 Å². The van der Waals surface area contributed by atoms with Gasteiger partial charge >= 0.3 is 5.97 Å². The van der Waals surface area contributed by atoms with Gasteiger partial charge in [-0.1, -0.05) is 23.8 Å². The zero-order chi connectivity index (χ0) is 25.1. The number of anilines is 1. The number of nitrogens with one attached hydrogen (secondary N) is 2. The van der Waals surface area contributed by atoms with E-state index < -0.39 is 27.4 Å². The third-order valence-electron chi connectivity index (χ3n) is 4.59. The first-order valence-electron chi connectivity index (χ1n) is 10.4. The summed E-state index contributed by atoms with van der Waals surface area (Å²) in [5.74, 6) is -1.06. The highest BCUT2D eigenvalue weighted by molar-refractivity contribution is 7.89. The number of hydrogen-bond donors (Lipinski definition) is 2. The van der Waals surface area contributed by atoms with Crippen molar-refractivity contribution in [3.8, 4) is 11.1 Å². The Labute approximate surface area is 198 Å². The average Bonchev–Trinajstić information content (AvgIpc) is 2.77. The highest BCUT2D eigenvalue weighted by Crippen LogP contribution is 2.29. The summed E-state index contributed by atoms with van der Waals surface area (Å²) in [5.41, 5.74) is 1.90. The van der Waals surface area contributed by atoms with Gasteiger partial charge in [0.1, 0.15) is 11.4 Å². The molecule has 34 heavy (non-hydrogen) atoms. The predicted molar refractivity (Wildman–Crippen MR) is 128 cm³/mol. The molecule has 0 saturated carbocycles. The maximum absolute atomic E-state index is 13.0. The van der Waals surface area contributed by atoms with Crippen LogP contribution in [-0.2, 0) is 14.8 Å². The van der Waals surface area contributed by atoms with Gasteiger partial charge in [-0.3, -0.25) is 9.78 Å². The Balaban J connectivity index is 1.85. The second-order valence-corrected chi connectivity index (χ2v) is 10.3. The van der Waals surface area contributed by atoms with E-state index in [0.29, 0.717) is 16.8 Å². The minimum atomic E-state index is -3.79. The Kier molecular flexibility index (Phi) is 7.13. The lowest BCUT2D eigenvalue weighted by Gasteiger charge is -2.22. The van der Waals surface area contributed by atoms with Crippen LogP contribution >= 0.6 is 0 Å². The number of nitrogens with zero attached hydrogens (tertiary/aromatic N) is 2. The van der Waals surface area contributed by atoms with Crippen LogP contribution in [0.1, 0.15) is 47.3 Å². The van der Waals surface area contributed by atoms with Crippen molar-refractivity contribution in [3.63, 3.8) is 0 Å². The minimum absolute atomic E-state index is 0.118. The SMILES string of the molecule is COC(=O)c1ccc(NC(=O)c2ccc(-c3cc(C)ccc3S(=O)(=O)NC(C)(C)C)cn2)cn1. The number of esters is 1. The Morgan fingerprint density at radius 1 is 0.941 bits per heavy atom. The third kappa shape index (κ3) is 6.03. The Morgan fingerprint density at radius 3 is 2.18 bits per heavy atom. The molecule has 0 aliphatic carbocycles. The number of aromatic nitrogens is 2. The van der Waals surface area contributed by atoms with Crippen LogP contribution in [0.4, 0.5) is 5.69 Å². The molecule has 3 aromatic rings. The largest absolute Gasteiger partial charge is 0.464 e. The van der Waals surface area contributed by atoms with Crippen molar-refractivity contribution in [2.45, 2.75) is 38.1 Å². The highest BCUT2D eigenvalue weighted by Gasteiger charge is 2.25. The number of carbonyl (C=O) groups excluding carboxylic acids is 2.